The summed E-state index contributed by atoms with van der Waals surface area (Å²) in [5.41, 5.74) is 3.56. The number of aromatic hydroxyl groups is 1. The molecule has 2 nitrogen and oxygen atoms in total. The molecule has 2 heteroatoms. The zero-order chi connectivity index (χ0) is 15.2. The number of ether oxygens (including phenoxy) is 1. The van der Waals surface area contributed by atoms with Crippen LogP contribution in [0, 0.1) is 0 Å². The van der Waals surface area contributed by atoms with Crippen molar-refractivity contribution in [3.8, 4) is 11.5 Å². The van der Waals surface area contributed by atoms with Gasteiger partial charge in [-0.2, -0.15) is 0 Å². The number of phenols is 1. The first-order valence-electron chi connectivity index (χ1n) is 7.33. The van der Waals surface area contributed by atoms with Gasteiger partial charge >= 0.3 is 0 Å². The average Bonchev–Trinajstić information content (AvgIpc) is 2.57. The van der Waals surface area contributed by atoms with E-state index < -0.39 is 0 Å². The van der Waals surface area contributed by atoms with Crippen molar-refractivity contribution in [2.45, 2.75) is 13.0 Å². The van der Waals surface area contributed by atoms with Crippen LogP contribution in [0.15, 0.2) is 78.9 Å². The fourth-order valence-corrected chi connectivity index (χ4v) is 2.29. The summed E-state index contributed by atoms with van der Waals surface area (Å²) in [6, 6.07) is 25.6. The van der Waals surface area contributed by atoms with E-state index in [1.54, 1.807) is 12.1 Å². The van der Waals surface area contributed by atoms with Crippen LogP contribution in [0.25, 0.3) is 0 Å². The lowest BCUT2D eigenvalue weighted by atomic mass is 10.0. The molecule has 0 unspecified atom stereocenters. The molecule has 0 aliphatic rings. The van der Waals surface area contributed by atoms with Crippen LogP contribution in [0.4, 0.5) is 0 Å². The average molecular weight is 290 g/mol. The van der Waals surface area contributed by atoms with E-state index in [9.17, 15) is 5.11 Å². The van der Waals surface area contributed by atoms with Crippen LogP contribution in [-0.2, 0) is 13.0 Å². The van der Waals surface area contributed by atoms with Crippen LogP contribution in [-0.4, -0.2) is 5.11 Å². The monoisotopic (exact) mass is 290 g/mol. The SMILES string of the molecule is Oc1ccc(Cc2ccc(OCc3ccccc3)cc2)cc1. The Labute approximate surface area is 130 Å². The first-order chi connectivity index (χ1) is 10.8. The van der Waals surface area contributed by atoms with Crippen molar-refractivity contribution >= 4 is 0 Å². The third-order valence-electron chi connectivity index (χ3n) is 3.52. The third kappa shape index (κ3) is 3.89. The molecule has 0 radical (unpaired) electrons. The van der Waals surface area contributed by atoms with Gasteiger partial charge in [0.15, 0.2) is 0 Å². The largest absolute Gasteiger partial charge is 0.508 e. The molecule has 1 N–H and O–H groups in total. The van der Waals surface area contributed by atoms with Crippen molar-refractivity contribution in [1.29, 1.82) is 0 Å². The van der Waals surface area contributed by atoms with Gasteiger partial charge in [0.05, 0.1) is 0 Å². The Morgan fingerprint density at radius 3 is 1.86 bits per heavy atom. The van der Waals surface area contributed by atoms with Gasteiger partial charge in [0.1, 0.15) is 18.1 Å². The predicted octanol–water partition coefficient (Wildman–Crippen LogP) is 4.56. The Bertz CT molecular complexity index is 701. The lowest BCUT2D eigenvalue weighted by Gasteiger charge is -2.07. The molecule has 0 amide bonds. The molecule has 0 saturated carbocycles. The molecule has 3 aromatic rings. The summed E-state index contributed by atoms with van der Waals surface area (Å²) in [7, 11) is 0. The van der Waals surface area contributed by atoms with Gasteiger partial charge in [-0.3, -0.25) is 0 Å². The van der Waals surface area contributed by atoms with Crippen LogP contribution in [0.2, 0.25) is 0 Å². The van der Waals surface area contributed by atoms with Gasteiger partial charge in [0, 0.05) is 0 Å². The first-order valence-corrected chi connectivity index (χ1v) is 7.33. The standard InChI is InChI=1S/C20H18O2/c21-19-10-6-16(7-11-19)14-17-8-12-20(13-9-17)22-15-18-4-2-1-3-5-18/h1-13,21H,14-15H2. The molecule has 0 aromatic heterocycles. The maximum Gasteiger partial charge on any atom is 0.119 e. The summed E-state index contributed by atoms with van der Waals surface area (Å²) in [6.45, 7) is 0.581. The Morgan fingerprint density at radius 1 is 0.636 bits per heavy atom. The molecule has 0 bridgehead atoms. The molecule has 0 aliphatic carbocycles. The summed E-state index contributed by atoms with van der Waals surface area (Å²) < 4.78 is 5.78. The van der Waals surface area contributed by atoms with Crippen molar-refractivity contribution in [3.05, 3.63) is 95.6 Å². The van der Waals surface area contributed by atoms with E-state index in [1.807, 2.05) is 42.5 Å². The summed E-state index contributed by atoms with van der Waals surface area (Å²) in [5.74, 6) is 1.17. The second-order valence-corrected chi connectivity index (χ2v) is 5.26. The lowest BCUT2D eigenvalue weighted by Crippen LogP contribution is -1.95. The molecule has 0 spiro atoms. The fraction of sp³-hybridized carbons (Fsp3) is 0.100. The number of phenolic OH excluding ortho intramolecular Hbond substituents is 1. The Morgan fingerprint density at radius 2 is 1.23 bits per heavy atom. The van der Waals surface area contributed by atoms with E-state index in [0.29, 0.717) is 12.4 Å². The van der Waals surface area contributed by atoms with Crippen molar-refractivity contribution in [2.24, 2.45) is 0 Å². The van der Waals surface area contributed by atoms with Gasteiger partial charge in [0.25, 0.3) is 0 Å². The highest BCUT2D eigenvalue weighted by Crippen LogP contribution is 2.18. The highest BCUT2D eigenvalue weighted by atomic mass is 16.5. The highest BCUT2D eigenvalue weighted by molar-refractivity contribution is 5.33. The molecule has 0 saturated heterocycles. The second-order valence-electron chi connectivity index (χ2n) is 5.26. The summed E-state index contributed by atoms with van der Waals surface area (Å²) in [4.78, 5) is 0. The maximum absolute atomic E-state index is 9.30. The molecular weight excluding hydrogens is 272 g/mol. The minimum atomic E-state index is 0.299. The predicted molar refractivity (Wildman–Crippen MR) is 88.1 cm³/mol. The Balaban J connectivity index is 1.59. The zero-order valence-corrected chi connectivity index (χ0v) is 12.3. The van der Waals surface area contributed by atoms with Crippen LogP contribution in [0.3, 0.4) is 0 Å². The quantitative estimate of drug-likeness (QED) is 0.746. The van der Waals surface area contributed by atoms with Crippen molar-refractivity contribution in [2.75, 3.05) is 0 Å². The molecule has 3 aromatic carbocycles. The number of rotatable bonds is 5. The van der Waals surface area contributed by atoms with E-state index in [2.05, 4.69) is 24.3 Å². The molecule has 0 heterocycles. The van der Waals surface area contributed by atoms with Gasteiger partial charge in [-0.15, -0.1) is 0 Å². The highest BCUT2D eigenvalue weighted by Gasteiger charge is 1.99. The van der Waals surface area contributed by atoms with Gasteiger partial charge < -0.3 is 9.84 Å². The van der Waals surface area contributed by atoms with Crippen molar-refractivity contribution < 1.29 is 9.84 Å². The first kappa shape index (κ1) is 14.2. The fourth-order valence-electron chi connectivity index (χ4n) is 2.29. The molecule has 0 fully saturated rings. The molecule has 0 atom stereocenters. The van der Waals surface area contributed by atoms with Crippen LogP contribution >= 0.6 is 0 Å². The number of hydrogen-bond acceptors (Lipinski definition) is 2. The summed E-state index contributed by atoms with van der Waals surface area (Å²) in [6.07, 6.45) is 0.846. The van der Waals surface area contributed by atoms with Crippen LogP contribution < -0.4 is 4.74 Å². The second kappa shape index (κ2) is 6.81. The van der Waals surface area contributed by atoms with Crippen molar-refractivity contribution in [1.82, 2.24) is 0 Å². The summed E-state index contributed by atoms with van der Waals surface area (Å²) >= 11 is 0. The summed E-state index contributed by atoms with van der Waals surface area (Å²) in [5, 5.41) is 9.30. The van der Waals surface area contributed by atoms with Crippen LogP contribution in [0.1, 0.15) is 16.7 Å². The molecule has 22 heavy (non-hydrogen) atoms. The zero-order valence-electron chi connectivity index (χ0n) is 12.3. The Hall–Kier alpha value is -2.74. The van der Waals surface area contributed by atoms with E-state index in [-0.39, 0.29) is 0 Å². The van der Waals surface area contributed by atoms with Gasteiger partial charge in [-0.1, -0.05) is 54.6 Å². The molecule has 110 valence electrons. The number of hydrogen-bond donors (Lipinski definition) is 1. The smallest absolute Gasteiger partial charge is 0.119 e. The van der Waals surface area contributed by atoms with E-state index in [1.165, 1.54) is 11.1 Å². The molecular formula is C20H18O2. The normalized spacial score (nSPS) is 10.4. The maximum atomic E-state index is 9.30. The van der Waals surface area contributed by atoms with E-state index in [0.717, 1.165) is 17.7 Å². The van der Waals surface area contributed by atoms with Crippen LogP contribution in [0.5, 0.6) is 11.5 Å². The molecule has 0 aliphatic heterocycles. The molecule has 3 rings (SSSR count). The number of benzene rings is 3. The van der Waals surface area contributed by atoms with Gasteiger partial charge in [0.2, 0.25) is 0 Å². The van der Waals surface area contributed by atoms with Gasteiger partial charge in [-0.25, -0.2) is 0 Å². The van der Waals surface area contributed by atoms with E-state index in [4.69, 9.17) is 4.74 Å². The topological polar surface area (TPSA) is 29.5 Å². The Kier molecular flexibility index (Phi) is 4.40. The van der Waals surface area contributed by atoms with E-state index >= 15 is 0 Å². The minimum Gasteiger partial charge on any atom is -0.508 e. The lowest BCUT2D eigenvalue weighted by molar-refractivity contribution is 0.306. The third-order valence-corrected chi connectivity index (χ3v) is 3.52. The minimum absolute atomic E-state index is 0.299. The van der Waals surface area contributed by atoms with Gasteiger partial charge in [-0.05, 0) is 47.4 Å². The van der Waals surface area contributed by atoms with Crippen molar-refractivity contribution in [3.63, 3.8) is 0 Å².